The van der Waals surface area contributed by atoms with Crippen LogP contribution in [0.1, 0.15) is 25.3 Å². The Hall–Kier alpha value is -0.770. The van der Waals surface area contributed by atoms with Gasteiger partial charge in [-0.15, -0.1) is 12.4 Å². The SMILES string of the molecule is CCNCC1CCN(C(=O)Cc2ccc(Cl)cc2)CC1.Cl. The molecule has 0 saturated carbocycles. The summed E-state index contributed by atoms with van der Waals surface area (Å²) in [6.45, 7) is 6.02. The highest BCUT2D eigenvalue weighted by molar-refractivity contribution is 6.30. The van der Waals surface area contributed by atoms with Crippen molar-refractivity contribution < 1.29 is 4.79 Å². The zero-order chi connectivity index (χ0) is 14.4. The molecule has 1 aliphatic rings. The van der Waals surface area contributed by atoms with Crippen molar-refractivity contribution in [2.75, 3.05) is 26.2 Å². The summed E-state index contributed by atoms with van der Waals surface area (Å²) in [4.78, 5) is 14.2. The molecule has 1 aliphatic heterocycles. The molecule has 0 aliphatic carbocycles. The Morgan fingerprint density at radius 3 is 2.48 bits per heavy atom. The van der Waals surface area contributed by atoms with Gasteiger partial charge in [-0.2, -0.15) is 0 Å². The van der Waals surface area contributed by atoms with Gasteiger partial charge in [0.1, 0.15) is 0 Å². The molecule has 0 unspecified atom stereocenters. The molecule has 1 N–H and O–H groups in total. The number of carbonyl (C=O) groups excluding carboxylic acids is 1. The molecule has 1 saturated heterocycles. The van der Waals surface area contributed by atoms with E-state index in [9.17, 15) is 4.79 Å². The Balaban J connectivity index is 0.00000220. The highest BCUT2D eigenvalue weighted by Gasteiger charge is 2.22. The van der Waals surface area contributed by atoms with Crippen molar-refractivity contribution in [1.82, 2.24) is 10.2 Å². The third kappa shape index (κ3) is 5.85. The first kappa shape index (κ1) is 18.3. The van der Waals surface area contributed by atoms with Crippen LogP contribution in [0.5, 0.6) is 0 Å². The molecule has 1 aromatic carbocycles. The van der Waals surface area contributed by atoms with Gasteiger partial charge in [-0.3, -0.25) is 4.79 Å². The lowest BCUT2D eigenvalue weighted by atomic mass is 9.96. The number of carbonyl (C=O) groups is 1. The number of rotatable bonds is 5. The van der Waals surface area contributed by atoms with Gasteiger partial charge in [-0.05, 0) is 49.5 Å². The standard InChI is InChI=1S/C16H23ClN2O.ClH/c1-2-18-12-14-7-9-19(10-8-14)16(20)11-13-3-5-15(17)6-4-13;/h3-6,14,18H,2,7-12H2,1H3;1H. The number of nitrogens with one attached hydrogen (secondary N) is 1. The minimum Gasteiger partial charge on any atom is -0.342 e. The molecule has 1 fully saturated rings. The number of likely N-dealkylation sites (tertiary alicyclic amines) is 1. The summed E-state index contributed by atoms with van der Waals surface area (Å²) >= 11 is 5.85. The summed E-state index contributed by atoms with van der Waals surface area (Å²) in [6, 6.07) is 7.54. The lowest BCUT2D eigenvalue weighted by Gasteiger charge is -2.32. The summed E-state index contributed by atoms with van der Waals surface area (Å²) in [5, 5.41) is 4.10. The van der Waals surface area contributed by atoms with Gasteiger partial charge >= 0.3 is 0 Å². The number of hydrogen-bond acceptors (Lipinski definition) is 2. The van der Waals surface area contributed by atoms with Crippen LogP contribution in [0.25, 0.3) is 0 Å². The second-order valence-electron chi connectivity index (χ2n) is 5.44. The molecular weight excluding hydrogens is 307 g/mol. The average Bonchev–Trinajstić information content (AvgIpc) is 2.48. The highest BCUT2D eigenvalue weighted by atomic mass is 35.5. The molecule has 1 heterocycles. The van der Waals surface area contributed by atoms with Gasteiger partial charge in [0, 0.05) is 18.1 Å². The quantitative estimate of drug-likeness (QED) is 0.899. The van der Waals surface area contributed by atoms with Crippen molar-refractivity contribution >= 4 is 29.9 Å². The number of nitrogens with zero attached hydrogens (tertiary/aromatic N) is 1. The van der Waals surface area contributed by atoms with Crippen molar-refractivity contribution in [3.8, 4) is 0 Å². The molecule has 0 radical (unpaired) electrons. The molecule has 5 heteroatoms. The van der Waals surface area contributed by atoms with E-state index < -0.39 is 0 Å². The third-order valence-corrected chi connectivity index (χ3v) is 4.17. The Morgan fingerprint density at radius 2 is 1.90 bits per heavy atom. The highest BCUT2D eigenvalue weighted by Crippen LogP contribution is 2.18. The fourth-order valence-corrected chi connectivity index (χ4v) is 2.75. The van der Waals surface area contributed by atoms with E-state index in [0.29, 0.717) is 11.4 Å². The maximum Gasteiger partial charge on any atom is 0.226 e. The molecule has 2 rings (SSSR count). The Morgan fingerprint density at radius 1 is 1.29 bits per heavy atom. The van der Waals surface area contributed by atoms with E-state index in [2.05, 4.69) is 12.2 Å². The zero-order valence-electron chi connectivity index (χ0n) is 12.5. The minimum absolute atomic E-state index is 0. The largest absolute Gasteiger partial charge is 0.342 e. The molecule has 0 atom stereocenters. The van der Waals surface area contributed by atoms with E-state index in [1.54, 1.807) is 0 Å². The minimum atomic E-state index is 0. The first-order valence-electron chi connectivity index (χ1n) is 7.42. The van der Waals surface area contributed by atoms with Crippen molar-refractivity contribution in [2.45, 2.75) is 26.2 Å². The number of amides is 1. The van der Waals surface area contributed by atoms with E-state index >= 15 is 0 Å². The first-order chi connectivity index (χ1) is 9.69. The van der Waals surface area contributed by atoms with Gasteiger partial charge in [-0.25, -0.2) is 0 Å². The molecule has 0 bridgehead atoms. The predicted octanol–water partition coefficient (Wildman–Crippen LogP) is 3.15. The van der Waals surface area contributed by atoms with Gasteiger partial charge in [-0.1, -0.05) is 30.7 Å². The summed E-state index contributed by atoms with van der Waals surface area (Å²) in [7, 11) is 0. The molecule has 1 amide bonds. The summed E-state index contributed by atoms with van der Waals surface area (Å²) in [5.41, 5.74) is 1.04. The van der Waals surface area contributed by atoms with Crippen LogP contribution in [0, 0.1) is 5.92 Å². The smallest absolute Gasteiger partial charge is 0.226 e. The van der Waals surface area contributed by atoms with Crippen LogP contribution >= 0.6 is 24.0 Å². The van der Waals surface area contributed by atoms with Crippen LogP contribution < -0.4 is 5.32 Å². The van der Waals surface area contributed by atoms with Crippen LogP contribution in [0.15, 0.2) is 24.3 Å². The van der Waals surface area contributed by atoms with Gasteiger partial charge in [0.15, 0.2) is 0 Å². The first-order valence-corrected chi connectivity index (χ1v) is 7.79. The van der Waals surface area contributed by atoms with Crippen LogP contribution in [-0.4, -0.2) is 37.0 Å². The molecule has 21 heavy (non-hydrogen) atoms. The van der Waals surface area contributed by atoms with Crippen molar-refractivity contribution in [2.24, 2.45) is 5.92 Å². The van der Waals surface area contributed by atoms with E-state index in [4.69, 9.17) is 11.6 Å². The fourth-order valence-electron chi connectivity index (χ4n) is 2.62. The van der Waals surface area contributed by atoms with Crippen LogP contribution in [0.4, 0.5) is 0 Å². The molecule has 0 spiro atoms. The van der Waals surface area contributed by atoms with Crippen LogP contribution in [0.3, 0.4) is 0 Å². The van der Waals surface area contributed by atoms with E-state index in [1.165, 1.54) is 0 Å². The van der Waals surface area contributed by atoms with Gasteiger partial charge in [0.2, 0.25) is 5.91 Å². The molecule has 0 aromatic heterocycles. The van der Waals surface area contributed by atoms with Gasteiger partial charge in [0.05, 0.1) is 6.42 Å². The number of benzene rings is 1. The van der Waals surface area contributed by atoms with Crippen LogP contribution in [0.2, 0.25) is 5.02 Å². The van der Waals surface area contributed by atoms with Crippen molar-refractivity contribution in [3.63, 3.8) is 0 Å². The van der Waals surface area contributed by atoms with Gasteiger partial charge in [0.25, 0.3) is 0 Å². The third-order valence-electron chi connectivity index (χ3n) is 3.92. The van der Waals surface area contributed by atoms with E-state index in [0.717, 1.165) is 50.5 Å². The number of halogens is 2. The van der Waals surface area contributed by atoms with Crippen molar-refractivity contribution in [1.29, 1.82) is 0 Å². The molecule has 3 nitrogen and oxygen atoms in total. The second kappa shape index (κ2) is 9.29. The van der Waals surface area contributed by atoms with Crippen LogP contribution in [-0.2, 0) is 11.2 Å². The molecule has 118 valence electrons. The molecular formula is C16H24Cl2N2O. The topological polar surface area (TPSA) is 32.3 Å². The predicted molar refractivity (Wildman–Crippen MR) is 90.3 cm³/mol. The Bertz CT molecular complexity index is 428. The zero-order valence-corrected chi connectivity index (χ0v) is 14.1. The maximum atomic E-state index is 12.3. The van der Waals surface area contributed by atoms with E-state index in [-0.39, 0.29) is 18.3 Å². The lowest BCUT2D eigenvalue weighted by Crippen LogP contribution is -2.41. The fraction of sp³-hybridized carbons (Fsp3) is 0.562. The maximum absolute atomic E-state index is 12.3. The summed E-state index contributed by atoms with van der Waals surface area (Å²) in [6.07, 6.45) is 2.70. The normalized spacial score (nSPS) is 15.6. The van der Waals surface area contributed by atoms with Crippen molar-refractivity contribution in [3.05, 3.63) is 34.9 Å². The monoisotopic (exact) mass is 330 g/mol. The number of hydrogen-bond donors (Lipinski definition) is 1. The van der Waals surface area contributed by atoms with Gasteiger partial charge < -0.3 is 10.2 Å². The lowest BCUT2D eigenvalue weighted by molar-refractivity contribution is -0.131. The average molecular weight is 331 g/mol. The second-order valence-corrected chi connectivity index (χ2v) is 5.87. The molecule has 1 aromatic rings. The summed E-state index contributed by atoms with van der Waals surface area (Å²) < 4.78 is 0. The Labute approximate surface area is 138 Å². The Kier molecular flexibility index (Phi) is 8.09. The van der Waals surface area contributed by atoms with E-state index in [1.807, 2.05) is 29.2 Å². The summed E-state index contributed by atoms with van der Waals surface area (Å²) in [5.74, 6) is 0.948. The number of piperidine rings is 1.